The number of nitrogens with zero attached hydrogens (tertiary/aromatic N) is 3. The van der Waals surface area contributed by atoms with Crippen LogP contribution in [0.5, 0.6) is 11.8 Å². The number of amides is 2. The minimum absolute atomic E-state index is 0.0251. The van der Waals surface area contributed by atoms with Gasteiger partial charge in [0.25, 0.3) is 0 Å². The van der Waals surface area contributed by atoms with Crippen LogP contribution in [0.1, 0.15) is 36.2 Å². The van der Waals surface area contributed by atoms with E-state index < -0.39 is 18.7 Å². The van der Waals surface area contributed by atoms with Gasteiger partial charge >= 0.3 is 6.18 Å². The molecule has 2 aromatic heterocycles. The molecule has 0 bridgehead atoms. The number of ether oxygens (including phenoxy) is 2. The molecule has 0 unspecified atom stereocenters. The lowest BCUT2D eigenvalue weighted by Gasteiger charge is -2.23. The van der Waals surface area contributed by atoms with E-state index in [2.05, 4.69) is 14.7 Å². The summed E-state index contributed by atoms with van der Waals surface area (Å²) in [6.07, 6.45) is -3.01. The predicted octanol–water partition coefficient (Wildman–Crippen LogP) is 2.86. The van der Waals surface area contributed by atoms with Crippen molar-refractivity contribution in [2.45, 2.75) is 33.0 Å². The van der Waals surface area contributed by atoms with Crippen molar-refractivity contribution in [2.75, 3.05) is 18.1 Å². The number of carbonyl (C=O) groups excluding carboxylic acids is 2. The lowest BCUT2D eigenvalue weighted by Crippen LogP contribution is -2.31. The Morgan fingerprint density at radius 3 is 2.50 bits per heavy atom. The molecule has 0 fully saturated rings. The Labute approximate surface area is 170 Å². The molecule has 11 heteroatoms. The number of aromatic nitrogens is 2. The standard InChI is InChI=1S/C19H21F3N4O4/c1-3-16(27)26(14-9-12(17(23)28)7-8-24-14)10-13-5-6-15(25-18(13)29-4-2)30-11-19(20,21)22/h5-9H,3-4,10-11H2,1-2H3,(H2,23,28). The Bertz CT molecular complexity index is 906. The van der Waals surface area contributed by atoms with Gasteiger partial charge in [-0.1, -0.05) is 6.92 Å². The maximum Gasteiger partial charge on any atom is 0.422 e. The molecule has 0 aromatic carbocycles. The van der Waals surface area contributed by atoms with Gasteiger partial charge < -0.3 is 15.2 Å². The van der Waals surface area contributed by atoms with Crippen LogP contribution in [0.2, 0.25) is 0 Å². The normalized spacial score (nSPS) is 11.1. The van der Waals surface area contributed by atoms with Crippen LogP contribution in [0, 0.1) is 0 Å². The first-order valence-corrected chi connectivity index (χ1v) is 9.03. The van der Waals surface area contributed by atoms with Crippen molar-refractivity contribution >= 4 is 17.6 Å². The number of carbonyl (C=O) groups is 2. The molecule has 2 aromatic rings. The topological polar surface area (TPSA) is 108 Å². The largest absolute Gasteiger partial charge is 0.478 e. The summed E-state index contributed by atoms with van der Waals surface area (Å²) in [7, 11) is 0. The Kier molecular flexibility index (Phi) is 7.56. The zero-order valence-electron chi connectivity index (χ0n) is 16.4. The Hall–Kier alpha value is -3.37. The molecule has 2 heterocycles. The molecule has 0 atom stereocenters. The number of alkyl halides is 3. The van der Waals surface area contributed by atoms with E-state index in [-0.39, 0.29) is 48.6 Å². The minimum Gasteiger partial charge on any atom is -0.478 e. The number of hydrogen-bond acceptors (Lipinski definition) is 6. The summed E-state index contributed by atoms with van der Waals surface area (Å²) in [5, 5.41) is 0. The van der Waals surface area contributed by atoms with Crippen LogP contribution in [0.25, 0.3) is 0 Å². The maximum atomic E-state index is 12.5. The van der Waals surface area contributed by atoms with Gasteiger partial charge in [0, 0.05) is 29.8 Å². The first kappa shape index (κ1) is 22.9. The highest BCUT2D eigenvalue weighted by atomic mass is 19.4. The highest BCUT2D eigenvalue weighted by Gasteiger charge is 2.29. The second-order valence-electron chi connectivity index (χ2n) is 6.05. The molecule has 0 saturated heterocycles. The van der Waals surface area contributed by atoms with E-state index in [9.17, 15) is 22.8 Å². The average molecular weight is 426 g/mol. The Balaban J connectivity index is 2.35. The van der Waals surface area contributed by atoms with Gasteiger partial charge in [0.1, 0.15) is 5.82 Å². The molecule has 30 heavy (non-hydrogen) atoms. The fourth-order valence-electron chi connectivity index (χ4n) is 2.45. The number of pyridine rings is 2. The molecule has 162 valence electrons. The van der Waals surface area contributed by atoms with Gasteiger partial charge in [0.2, 0.25) is 23.6 Å². The van der Waals surface area contributed by atoms with Crippen molar-refractivity contribution < 1.29 is 32.2 Å². The molecule has 0 aliphatic rings. The number of rotatable bonds is 9. The molecular weight excluding hydrogens is 405 g/mol. The van der Waals surface area contributed by atoms with E-state index in [0.29, 0.717) is 5.56 Å². The summed E-state index contributed by atoms with van der Waals surface area (Å²) in [5.41, 5.74) is 5.88. The number of nitrogens with two attached hydrogens (primary N) is 1. The summed E-state index contributed by atoms with van der Waals surface area (Å²) in [5.74, 6) is -1.02. The summed E-state index contributed by atoms with van der Waals surface area (Å²) in [6.45, 7) is 2.00. The lowest BCUT2D eigenvalue weighted by molar-refractivity contribution is -0.154. The zero-order chi connectivity index (χ0) is 22.3. The van der Waals surface area contributed by atoms with Gasteiger partial charge in [-0.05, 0) is 25.1 Å². The molecule has 0 spiro atoms. The van der Waals surface area contributed by atoms with E-state index >= 15 is 0 Å². The molecule has 0 saturated carbocycles. The van der Waals surface area contributed by atoms with Crippen molar-refractivity contribution in [3.63, 3.8) is 0 Å². The van der Waals surface area contributed by atoms with Crippen LogP contribution in [-0.4, -0.2) is 41.2 Å². The van der Waals surface area contributed by atoms with Crippen LogP contribution in [-0.2, 0) is 11.3 Å². The molecule has 2 amide bonds. The van der Waals surface area contributed by atoms with Gasteiger partial charge in [0.15, 0.2) is 6.61 Å². The maximum absolute atomic E-state index is 12.5. The van der Waals surface area contributed by atoms with Gasteiger partial charge in [-0.25, -0.2) is 4.98 Å². The molecule has 0 aliphatic carbocycles. The Morgan fingerprint density at radius 1 is 1.17 bits per heavy atom. The Morgan fingerprint density at radius 2 is 1.90 bits per heavy atom. The molecule has 0 radical (unpaired) electrons. The number of halogens is 3. The molecular formula is C19H21F3N4O4. The van der Waals surface area contributed by atoms with E-state index in [4.69, 9.17) is 10.5 Å². The second-order valence-corrected chi connectivity index (χ2v) is 6.05. The minimum atomic E-state index is -4.51. The van der Waals surface area contributed by atoms with Crippen molar-refractivity contribution in [3.05, 3.63) is 41.6 Å². The first-order valence-electron chi connectivity index (χ1n) is 9.03. The van der Waals surface area contributed by atoms with Crippen LogP contribution in [0.15, 0.2) is 30.5 Å². The van der Waals surface area contributed by atoms with Gasteiger partial charge in [-0.3, -0.25) is 14.5 Å². The lowest BCUT2D eigenvalue weighted by atomic mass is 10.2. The highest BCUT2D eigenvalue weighted by molar-refractivity contribution is 5.96. The van der Waals surface area contributed by atoms with E-state index in [1.54, 1.807) is 13.8 Å². The number of primary amides is 1. The third-order valence-corrected chi connectivity index (χ3v) is 3.82. The monoisotopic (exact) mass is 426 g/mol. The van der Waals surface area contributed by atoms with Gasteiger partial charge in [0.05, 0.1) is 13.2 Å². The second kappa shape index (κ2) is 9.90. The van der Waals surface area contributed by atoms with Crippen molar-refractivity contribution in [1.29, 1.82) is 0 Å². The summed E-state index contributed by atoms with van der Waals surface area (Å²) < 4.78 is 47.2. The smallest absolute Gasteiger partial charge is 0.422 e. The van der Waals surface area contributed by atoms with Crippen LogP contribution < -0.4 is 20.1 Å². The third-order valence-electron chi connectivity index (χ3n) is 3.82. The summed E-state index contributed by atoms with van der Waals surface area (Å²) >= 11 is 0. The summed E-state index contributed by atoms with van der Waals surface area (Å²) in [6, 6.07) is 5.51. The predicted molar refractivity (Wildman–Crippen MR) is 101 cm³/mol. The molecule has 0 aliphatic heterocycles. The fraction of sp³-hybridized carbons (Fsp3) is 0.368. The average Bonchev–Trinajstić information content (AvgIpc) is 2.70. The van der Waals surface area contributed by atoms with Crippen molar-refractivity contribution in [1.82, 2.24) is 9.97 Å². The van der Waals surface area contributed by atoms with Crippen molar-refractivity contribution in [3.8, 4) is 11.8 Å². The fourth-order valence-corrected chi connectivity index (χ4v) is 2.45. The number of anilines is 1. The molecule has 8 nitrogen and oxygen atoms in total. The SMILES string of the molecule is CCOc1nc(OCC(F)(F)F)ccc1CN(C(=O)CC)c1cc(C(N)=O)ccn1. The van der Waals surface area contributed by atoms with E-state index in [0.717, 1.165) is 0 Å². The van der Waals surface area contributed by atoms with Gasteiger partial charge in [-0.15, -0.1) is 0 Å². The van der Waals surface area contributed by atoms with E-state index in [1.165, 1.54) is 35.4 Å². The first-order chi connectivity index (χ1) is 14.1. The zero-order valence-corrected chi connectivity index (χ0v) is 16.4. The highest BCUT2D eigenvalue weighted by Crippen LogP contribution is 2.26. The quantitative estimate of drug-likeness (QED) is 0.661. The summed E-state index contributed by atoms with van der Waals surface area (Å²) in [4.78, 5) is 33.4. The molecule has 2 N–H and O–H groups in total. The van der Waals surface area contributed by atoms with Crippen molar-refractivity contribution in [2.24, 2.45) is 5.73 Å². The van der Waals surface area contributed by atoms with Crippen LogP contribution in [0.4, 0.5) is 19.0 Å². The van der Waals surface area contributed by atoms with Crippen LogP contribution >= 0.6 is 0 Å². The van der Waals surface area contributed by atoms with Crippen LogP contribution in [0.3, 0.4) is 0 Å². The third kappa shape index (κ3) is 6.33. The number of hydrogen-bond donors (Lipinski definition) is 1. The molecule has 2 rings (SSSR count). The van der Waals surface area contributed by atoms with Gasteiger partial charge in [-0.2, -0.15) is 18.2 Å². The van der Waals surface area contributed by atoms with E-state index in [1.807, 2.05) is 0 Å².